The van der Waals surface area contributed by atoms with E-state index in [1.807, 2.05) is 12.1 Å². The molecule has 8 rings (SSSR count). The second-order valence-electron chi connectivity index (χ2n) is 11.8. The molecule has 45 heavy (non-hydrogen) atoms. The summed E-state index contributed by atoms with van der Waals surface area (Å²) in [6.45, 7) is 41.9. The molecule has 214 valence electrons. The summed E-state index contributed by atoms with van der Waals surface area (Å²) < 4.78 is 8.51. The summed E-state index contributed by atoms with van der Waals surface area (Å²) in [5.74, 6) is 0. The van der Waals surface area contributed by atoms with E-state index in [9.17, 15) is 0 Å². The Morgan fingerprint density at radius 1 is 0.556 bits per heavy atom. The van der Waals surface area contributed by atoms with E-state index in [-0.39, 0.29) is 0 Å². The minimum atomic E-state index is 0.419. The number of nitrogens with zero attached hydrogens (tertiary/aromatic N) is 8. The molecular formula is C37H28N8+2. The van der Waals surface area contributed by atoms with Gasteiger partial charge in [-0.3, -0.25) is 9.69 Å². The van der Waals surface area contributed by atoms with Crippen LogP contribution in [0.4, 0.5) is 22.7 Å². The summed E-state index contributed by atoms with van der Waals surface area (Å²) in [4.78, 5) is 14.3. The van der Waals surface area contributed by atoms with E-state index >= 15 is 0 Å². The molecule has 0 unspecified atom stereocenters. The monoisotopic (exact) mass is 584 g/mol. The molecule has 2 aliphatic rings. The third-order valence-corrected chi connectivity index (χ3v) is 9.22. The molecule has 0 aliphatic carbocycles. The second-order valence-corrected chi connectivity index (χ2v) is 11.8. The van der Waals surface area contributed by atoms with Gasteiger partial charge < -0.3 is 0 Å². The zero-order valence-electron chi connectivity index (χ0n) is 25.7. The summed E-state index contributed by atoms with van der Waals surface area (Å²) in [5, 5.41) is 2.01. The smallest absolute Gasteiger partial charge is 0.224 e. The zero-order chi connectivity index (χ0) is 31.7. The topological polar surface area (TPSA) is 35.1 Å². The summed E-state index contributed by atoms with van der Waals surface area (Å²) in [6.07, 6.45) is 4.14. The van der Waals surface area contributed by atoms with Gasteiger partial charge in [0.15, 0.2) is 24.5 Å². The lowest BCUT2D eigenvalue weighted by molar-refractivity contribution is -0.749. The highest BCUT2D eigenvalue weighted by Crippen LogP contribution is 2.41. The van der Waals surface area contributed by atoms with Gasteiger partial charge in [0.25, 0.3) is 0 Å². The van der Waals surface area contributed by atoms with E-state index in [0.717, 1.165) is 46.3 Å². The molecule has 8 nitrogen and oxygen atoms in total. The summed E-state index contributed by atoms with van der Waals surface area (Å²) >= 11 is 0. The van der Waals surface area contributed by atoms with Crippen LogP contribution >= 0.6 is 0 Å². The molecule has 0 spiro atoms. The molecule has 6 aromatic rings. The Morgan fingerprint density at radius 3 is 1.56 bits per heavy atom. The predicted octanol–water partition coefficient (Wildman–Crippen LogP) is 8.30. The number of aromatic nitrogens is 4. The van der Waals surface area contributed by atoms with E-state index in [0.29, 0.717) is 22.7 Å². The molecule has 4 aromatic carbocycles. The Balaban J connectivity index is 0.000000145. The fourth-order valence-electron chi connectivity index (χ4n) is 6.95. The largest absolute Gasteiger partial charge is 0.250 e. The second kappa shape index (κ2) is 9.92. The standard InChI is InChI=1S/C19H15N4.C18H13N4/c1-11-8-12(2)18-15(13(11)3)10-22-9-14-6-7-16(20-4)17(21-5)19(14)23(18)22;1-11-5-6-12(2)17-14(11)10-21-9-13-7-8-15(19-3)16(20-4)18(13)22(17)21/h6-9H,10H2,1-3H3;5-9H,10H2,1-2H3/q2*+1. The van der Waals surface area contributed by atoms with Gasteiger partial charge in [-0.1, -0.05) is 42.5 Å². The summed E-state index contributed by atoms with van der Waals surface area (Å²) in [7, 11) is 0. The quantitative estimate of drug-likeness (QED) is 0.127. The van der Waals surface area contributed by atoms with Crippen LogP contribution < -0.4 is 9.36 Å². The predicted molar refractivity (Wildman–Crippen MR) is 174 cm³/mol. The highest BCUT2D eigenvalue weighted by Gasteiger charge is 2.34. The van der Waals surface area contributed by atoms with Gasteiger partial charge in [0.2, 0.25) is 23.8 Å². The van der Waals surface area contributed by atoms with Gasteiger partial charge in [-0.2, -0.15) is 0 Å². The lowest BCUT2D eigenvalue weighted by atomic mass is 9.98. The van der Waals surface area contributed by atoms with Gasteiger partial charge in [-0.05, 0) is 62.4 Å². The molecule has 0 atom stereocenters. The van der Waals surface area contributed by atoms with Crippen molar-refractivity contribution in [1.82, 2.24) is 9.36 Å². The minimum Gasteiger partial charge on any atom is -0.250 e. The van der Waals surface area contributed by atoms with Crippen molar-refractivity contribution in [2.24, 2.45) is 0 Å². The first-order chi connectivity index (χ1) is 21.7. The maximum absolute atomic E-state index is 7.54. The maximum Gasteiger partial charge on any atom is 0.224 e. The van der Waals surface area contributed by atoms with Crippen molar-refractivity contribution in [3.05, 3.63) is 139 Å². The number of hydrogen-bond donors (Lipinski definition) is 0. The number of aryl methyl sites for hydroxylation is 4. The van der Waals surface area contributed by atoms with Crippen molar-refractivity contribution in [3.8, 4) is 11.4 Å². The van der Waals surface area contributed by atoms with Crippen LogP contribution in [0.1, 0.15) is 38.9 Å². The van der Waals surface area contributed by atoms with Crippen LogP contribution in [-0.2, 0) is 13.1 Å². The van der Waals surface area contributed by atoms with E-state index in [2.05, 4.69) is 103 Å². The van der Waals surface area contributed by atoms with Crippen molar-refractivity contribution >= 4 is 44.6 Å². The van der Waals surface area contributed by atoms with Crippen molar-refractivity contribution < 1.29 is 9.36 Å². The van der Waals surface area contributed by atoms with Gasteiger partial charge in [0.05, 0.1) is 48.2 Å². The van der Waals surface area contributed by atoms with Crippen LogP contribution in [-0.4, -0.2) is 9.36 Å². The van der Waals surface area contributed by atoms with Crippen LogP contribution in [0.15, 0.2) is 54.9 Å². The fraction of sp³-hybridized carbons (Fsp3) is 0.189. The van der Waals surface area contributed by atoms with Crippen LogP contribution in [0.3, 0.4) is 0 Å². The third kappa shape index (κ3) is 3.80. The van der Waals surface area contributed by atoms with Gasteiger partial charge in [-0.25, -0.2) is 9.69 Å². The molecule has 8 heteroatoms. The van der Waals surface area contributed by atoms with Gasteiger partial charge >= 0.3 is 0 Å². The average Bonchev–Trinajstić information content (AvgIpc) is 3.78. The Bertz CT molecular complexity index is 2480. The highest BCUT2D eigenvalue weighted by molar-refractivity contribution is 6.00. The molecule has 4 heterocycles. The molecule has 0 saturated heterocycles. The van der Waals surface area contributed by atoms with E-state index in [4.69, 9.17) is 26.3 Å². The summed E-state index contributed by atoms with van der Waals surface area (Å²) in [5.41, 5.74) is 14.6. The first-order valence-electron chi connectivity index (χ1n) is 14.6. The van der Waals surface area contributed by atoms with E-state index in [1.54, 1.807) is 12.1 Å². The molecule has 2 aromatic heterocycles. The average molecular weight is 585 g/mol. The lowest BCUT2D eigenvalue weighted by Gasteiger charge is -2.09. The van der Waals surface area contributed by atoms with Crippen molar-refractivity contribution in [2.75, 3.05) is 0 Å². The Labute approximate surface area is 261 Å². The number of hydrogen-bond acceptors (Lipinski definition) is 0. The zero-order valence-corrected chi connectivity index (χ0v) is 25.7. The molecule has 0 radical (unpaired) electrons. The Kier molecular flexibility index (Phi) is 6.08. The Hall–Kier alpha value is -6.22. The number of benzene rings is 4. The minimum absolute atomic E-state index is 0.419. The van der Waals surface area contributed by atoms with Crippen molar-refractivity contribution in [3.63, 3.8) is 0 Å². The molecule has 2 aliphatic heterocycles. The molecule has 0 N–H and O–H groups in total. The third-order valence-electron chi connectivity index (χ3n) is 9.22. The van der Waals surface area contributed by atoms with Crippen LogP contribution in [0.5, 0.6) is 0 Å². The van der Waals surface area contributed by atoms with Gasteiger partial charge in [0.1, 0.15) is 22.4 Å². The molecule has 0 amide bonds. The molecule has 0 saturated carbocycles. The van der Waals surface area contributed by atoms with E-state index < -0.39 is 0 Å². The van der Waals surface area contributed by atoms with Crippen LogP contribution in [0, 0.1) is 60.9 Å². The van der Waals surface area contributed by atoms with Crippen molar-refractivity contribution in [1.29, 1.82) is 0 Å². The number of fused-ring (bicyclic) bond motifs is 10. The fourth-order valence-corrected chi connectivity index (χ4v) is 6.95. The first kappa shape index (κ1) is 27.6. The van der Waals surface area contributed by atoms with Crippen LogP contribution in [0.2, 0.25) is 0 Å². The highest BCUT2D eigenvalue weighted by atomic mass is 15.4. The van der Waals surface area contributed by atoms with Gasteiger partial charge in [-0.15, -0.1) is 18.7 Å². The Morgan fingerprint density at radius 2 is 1.04 bits per heavy atom. The maximum atomic E-state index is 7.54. The SMILES string of the molecule is [C-]#[N+]c1ccc2c[n+]3n(c2c1[N+]#[C-])-c1c(C)cc(C)c(C)c1C3.[C-]#[N+]c1ccc2c[n+]3n(c2c1[N+]#[C-])-c1c(C)ccc(C)c1C3. The summed E-state index contributed by atoms with van der Waals surface area (Å²) in [6, 6.07) is 13.8. The molecular weight excluding hydrogens is 556 g/mol. The first-order valence-corrected chi connectivity index (χ1v) is 14.6. The molecule has 0 bridgehead atoms. The van der Waals surface area contributed by atoms with Gasteiger partial charge in [0, 0.05) is 0 Å². The normalized spacial score (nSPS) is 11.8. The van der Waals surface area contributed by atoms with Crippen molar-refractivity contribution in [2.45, 2.75) is 47.7 Å². The molecule has 0 fully saturated rings. The van der Waals surface area contributed by atoms with E-state index in [1.165, 1.54) is 38.9 Å². The number of rotatable bonds is 0. The lowest BCUT2D eigenvalue weighted by Crippen LogP contribution is -2.36. The van der Waals surface area contributed by atoms with Crippen LogP contribution in [0.25, 0.3) is 52.6 Å².